The molecule has 0 bridgehead atoms. The summed E-state index contributed by atoms with van der Waals surface area (Å²) < 4.78 is 31.9. The molecule has 4 nitrogen and oxygen atoms in total. The molecule has 0 unspecified atom stereocenters. The molecule has 0 saturated heterocycles. The first-order valence-electron chi connectivity index (χ1n) is 9.21. The van der Waals surface area contributed by atoms with Crippen molar-refractivity contribution in [3.63, 3.8) is 0 Å². The molecule has 0 saturated carbocycles. The molecule has 0 fully saturated rings. The molecule has 0 radical (unpaired) electrons. The van der Waals surface area contributed by atoms with Crippen LogP contribution in [0.25, 0.3) is 0 Å². The molecule has 0 N–H and O–H groups in total. The fourth-order valence-electron chi connectivity index (χ4n) is 2.74. The number of nitriles is 1. The third-order valence-electron chi connectivity index (χ3n) is 3.84. The highest BCUT2D eigenvalue weighted by molar-refractivity contribution is 14.1. The Morgan fingerprint density at radius 1 is 1.07 bits per heavy atom. The van der Waals surface area contributed by atoms with E-state index in [0.29, 0.717) is 17.1 Å². The Hall–Kier alpha value is -1.85. The molecule has 0 heterocycles. The summed E-state index contributed by atoms with van der Waals surface area (Å²) in [5, 5.41) is 9.14. The van der Waals surface area contributed by atoms with Crippen molar-refractivity contribution in [2.75, 3.05) is 13.2 Å². The van der Waals surface area contributed by atoms with E-state index < -0.39 is 6.17 Å². The topological polar surface area (TPSA) is 51.5 Å². The van der Waals surface area contributed by atoms with Gasteiger partial charge in [0.05, 0.1) is 17.8 Å². The third-order valence-corrected chi connectivity index (χ3v) is 4.51. The van der Waals surface area contributed by atoms with Gasteiger partial charge < -0.3 is 14.2 Å². The molecule has 2 aromatic carbocycles. The molecule has 6 heteroatoms. The number of hydrogen-bond acceptors (Lipinski definition) is 4. The number of ether oxygens (including phenoxy) is 3. The van der Waals surface area contributed by atoms with E-state index in [0.717, 1.165) is 15.6 Å². The van der Waals surface area contributed by atoms with Gasteiger partial charge >= 0.3 is 0 Å². The summed E-state index contributed by atoms with van der Waals surface area (Å²) in [5.74, 6) is 0.996. The Bertz CT molecular complexity index is 807. The third kappa shape index (κ3) is 7.64. The number of benzene rings is 2. The summed E-state index contributed by atoms with van der Waals surface area (Å²) in [5.41, 5.74) is 1.47. The van der Waals surface area contributed by atoms with Crippen LogP contribution in [0.4, 0.5) is 4.39 Å². The van der Waals surface area contributed by atoms with Crippen LogP contribution in [0, 0.1) is 14.9 Å². The Morgan fingerprint density at radius 2 is 1.82 bits per heavy atom. The summed E-state index contributed by atoms with van der Waals surface area (Å²) in [6, 6.07) is 14.9. The normalized spacial score (nSPS) is 13.0. The minimum atomic E-state index is -1.31. The van der Waals surface area contributed by atoms with Crippen molar-refractivity contribution in [1.29, 1.82) is 5.26 Å². The molecule has 0 amide bonds. The molecule has 0 aromatic heterocycles. The molecule has 2 atom stereocenters. The van der Waals surface area contributed by atoms with Crippen LogP contribution in [0.15, 0.2) is 42.5 Å². The van der Waals surface area contributed by atoms with Crippen molar-refractivity contribution in [2.24, 2.45) is 0 Å². The van der Waals surface area contributed by atoms with Gasteiger partial charge in [0.2, 0.25) is 0 Å². The molecule has 0 aliphatic carbocycles. The number of nitrogens with zero attached hydrogens (tertiary/aromatic N) is 1. The summed E-state index contributed by atoms with van der Waals surface area (Å²) >= 11 is 2.11. The van der Waals surface area contributed by atoms with E-state index in [9.17, 15) is 4.39 Å². The maximum atomic E-state index is 14.2. The Balaban J connectivity index is 1.83. The monoisotopic (exact) mass is 497 g/mol. The van der Waals surface area contributed by atoms with Crippen LogP contribution in [-0.4, -0.2) is 31.6 Å². The molecule has 0 spiro atoms. The molecule has 0 aliphatic heterocycles. The van der Waals surface area contributed by atoms with Crippen molar-refractivity contribution >= 4 is 22.6 Å². The first-order chi connectivity index (χ1) is 13.4. The fraction of sp³-hybridized carbons (Fsp3) is 0.409. The lowest BCUT2D eigenvalue weighted by molar-refractivity contribution is 0.0194. The van der Waals surface area contributed by atoms with Gasteiger partial charge in [-0.1, -0.05) is 12.1 Å². The largest absolute Gasteiger partial charge is 0.490 e. The Kier molecular flexibility index (Phi) is 9.00. The van der Waals surface area contributed by atoms with Gasteiger partial charge in [0.15, 0.2) is 6.17 Å². The van der Waals surface area contributed by atoms with Crippen molar-refractivity contribution in [1.82, 2.24) is 0 Å². The molecule has 150 valence electrons. The maximum Gasteiger partial charge on any atom is 0.168 e. The Morgan fingerprint density at radius 3 is 2.54 bits per heavy atom. The molecule has 2 aromatic rings. The predicted molar refractivity (Wildman–Crippen MR) is 116 cm³/mol. The van der Waals surface area contributed by atoms with Gasteiger partial charge in [-0.2, -0.15) is 5.26 Å². The Labute approximate surface area is 179 Å². The first kappa shape index (κ1) is 22.4. The molecule has 0 aliphatic rings. The number of alkyl halides is 1. The summed E-state index contributed by atoms with van der Waals surface area (Å²) in [6.45, 7) is 5.76. The van der Waals surface area contributed by atoms with Crippen LogP contribution in [0.2, 0.25) is 0 Å². The van der Waals surface area contributed by atoms with Crippen LogP contribution in [-0.2, 0) is 11.2 Å². The molecular formula is C22H25FINO3. The number of halogens is 2. The van der Waals surface area contributed by atoms with Gasteiger partial charge in [0, 0.05) is 3.57 Å². The zero-order valence-corrected chi connectivity index (χ0v) is 18.5. The maximum absolute atomic E-state index is 14.2. The van der Waals surface area contributed by atoms with Gasteiger partial charge in [-0.05, 0) is 85.7 Å². The lowest BCUT2D eigenvalue weighted by atomic mass is 10.1. The average molecular weight is 497 g/mol. The second kappa shape index (κ2) is 11.2. The fourth-order valence-corrected chi connectivity index (χ4v) is 3.23. The van der Waals surface area contributed by atoms with Crippen LogP contribution in [0.5, 0.6) is 11.5 Å². The van der Waals surface area contributed by atoms with Gasteiger partial charge in [0.25, 0.3) is 0 Å². The zero-order chi connectivity index (χ0) is 20.5. The van der Waals surface area contributed by atoms with E-state index >= 15 is 0 Å². The van der Waals surface area contributed by atoms with E-state index in [-0.39, 0.29) is 25.4 Å². The first-order valence-corrected chi connectivity index (χ1v) is 10.3. The van der Waals surface area contributed by atoms with Crippen molar-refractivity contribution in [3.05, 3.63) is 57.2 Å². The predicted octanol–water partition coefficient (Wildman–Crippen LogP) is 5.31. The van der Waals surface area contributed by atoms with Gasteiger partial charge in [-0.15, -0.1) is 0 Å². The van der Waals surface area contributed by atoms with E-state index in [2.05, 4.69) is 28.7 Å². The second-order valence-electron chi connectivity index (χ2n) is 6.82. The lowest BCUT2D eigenvalue weighted by Gasteiger charge is -2.17. The highest BCUT2D eigenvalue weighted by atomic mass is 127. The van der Waals surface area contributed by atoms with Gasteiger partial charge in [-0.25, -0.2) is 4.39 Å². The van der Waals surface area contributed by atoms with Crippen LogP contribution in [0.1, 0.15) is 31.9 Å². The summed E-state index contributed by atoms with van der Waals surface area (Å²) in [7, 11) is 0. The second-order valence-corrected chi connectivity index (χ2v) is 8.06. The highest BCUT2D eigenvalue weighted by Gasteiger charge is 2.12. The zero-order valence-electron chi connectivity index (χ0n) is 16.3. The molecule has 2 rings (SSSR count). The minimum absolute atomic E-state index is 0.0980. The van der Waals surface area contributed by atoms with Gasteiger partial charge in [-0.3, -0.25) is 0 Å². The lowest BCUT2D eigenvalue weighted by Crippen LogP contribution is -2.21. The van der Waals surface area contributed by atoms with E-state index in [1.54, 1.807) is 18.2 Å². The summed E-state index contributed by atoms with van der Waals surface area (Å²) in [6.07, 6.45) is -0.267. The van der Waals surface area contributed by atoms with Crippen molar-refractivity contribution < 1.29 is 18.6 Å². The number of hydrogen-bond donors (Lipinski definition) is 0. The minimum Gasteiger partial charge on any atom is -0.490 e. The van der Waals surface area contributed by atoms with E-state index in [1.807, 2.05) is 45.0 Å². The average Bonchev–Trinajstić information content (AvgIpc) is 2.64. The van der Waals surface area contributed by atoms with E-state index in [4.69, 9.17) is 19.5 Å². The smallest absolute Gasteiger partial charge is 0.168 e. The van der Waals surface area contributed by atoms with Gasteiger partial charge in [0.1, 0.15) is 30.8 Å². The SMILES string of the molecule is CC(C)O[C@H](C)Cc1cccc(OC[C@H](F)COc2ccc(I)cc2C#N)c1. The molecule has 28 heavy (non-hydrogen) atoms. The van der Waals surface area contributed by atoms with Crippen LogP contribution >= 0.6 is 22.6 Å². The highest BCUT2D eigenvalue weighted by Crippen LogP contribution is 2.21. The molecular weight excluding hydrogens is 472 g/mol. The summed E-state index contributed by atoms with van der Waals surface area (Å²) in [4.78, 5) is 0. The quantitative estimate of drug-likeness (QED) is 0.418. The van der Waals surface area contributed by atoms with Crippen molar-refractivity contribution in [3.8, 4) is 17.6 Å². The van der Waals surface area contributed by atoms with Crippen molar-refractivity contribution in [2.45, 2.75) is 45.6 Å². The van der Waals surface area contributed by atoms with Crippen LogP contribution < -0.4 is 9.47 Å². The number of rotatable bonds is 10. The van der Waals surface area contributed by atoms with E-state index in [1.165, 1.54) is 0 Å². The standard InChI is InChI=1S/C22H25FINO3/c1-15(2)28-16(3)9-17-5-4-6-21(10-17)26-13-19(23)14-27-22-8-7-20(24)11-18(22)12-25/h4-8,10-11,15-16,19H,9,13-14H2,1-3H3/t16-,19+/m1/s1. The van der Waals surface area contributed by atoms with Crippen LogP contribution in [0.3, 0.4) is 0 Å².